The second-order valence-electron chi connectivity index (χ2n) is 7.02. The van der Waals surface area contributed by atoms with Gasteiger partial charge in [-0.25, -0.2) is 0 Å². The van der Waals surface area contributed by atoms with Gasteiger partial charge in [-0.05, 0) is 74.1 Å². The average molecular weight is 328 g/mol. The van der Waals surface area contributed by atoms with Crippen LogP contribution < -0.4 is 4.74 Å². The molecule has 3 nitrogen and oxygen atoms in total. The highest BCUT2D eigenvalue weighted by atomic mass is 16.5. The van der Waals surface area contributed by atoms with E-state index in [1.165, 1.54) is 5.56 Å². The molecule has 0 fully saturated rings. The molecule has 2 N–H and O–H groups in total. The highest BCUT2D eigenvalue weighted by molar-refractivity contribution is 5.73. The Morgan fingerprint density at radius 3 is 2.21 bits per heavy atom. The van der Waals surface area contributed by atoms with Crippen molar-refractivity contribution >= 4 is 0 Å². The Morgan fingerprint density at radius 2 is 1.58 bits per heavy atom. The van der Waals surface area contributed by atoms with Crippen molar-refractivity contribution in [1.82, 2.24) is 0 Å². The van der Waals surface area contributed by atoms with Crippen LogP contribution in [0.4, 0.5) is 0 Å². The van der Waals surface area contributed by atoms with Crippen LogP contribution in [0.15, 0.2) is 30.3 Å². The summed E-state index contributed by atoms with van der Waals surface area (Å²) in [6.07, 6.45) is 0.588. The Hall–Kier alpha value is -1.84. The Kier molecular flexibility index (Phi) is 5.68. The van der Waals surface area contributed by atoms with Crippen molar-refractivity contribution in [3.8, 4) is 16.9 Å². The monoisotopic (exact) mass is 328 g/mol. The molecule has 0 aliphatic heterocycles. The van der Waals surface area contributed by atoms with E-state index in [9.17, 15) is 10.2 Å². The minimum absolute atomic E-state index is 0.0514. The number of benzene rings is 2. The first-order chi connectivity index (χ1) is 11.2. The molecular weight excluding hydrogens is 300 g/mol. The summed E-state index contributed by atoms with van der Waals surface area (Å²) >= 11 is 0. The molecule has 130 valence electrons. The number of rotatable bonds is 6. The fourth-order valence-electron chi connectivity index (χ4n) is 2.80. The third-order valence-corrected chi connectivity index (χ3v) is 4.62. The smallest absolute Gasteiger partial charge is 0.122 e. The van der Waals surface area contributed by atoms with Gasteiger partial charge in [0.15, 0.2) is 0 Å². The van der Waals surface area contributed by atoms with Gasteiger partial charge in [-0.15, -0.1) is 0 Å². The molecule has 2 rings (SSSR count). The van der Waals surface area contributed by atoms with Crippen LogP contribution in [0.3, 0.4) is 0 Å². The lowest BCUT2D eigenvalue weighted by Crippen LogP contribution is -2.22. The third-order valence-electron chi connectivity index (χ3n) is 4.62. The first-order valence-electron chi connectivity index (χ1n) is 8.39. The molecule has 0 radical (unpaired) electrons. The minimum atomic E-state index is -0.718. The molecule has 0 heterocycles. The van der Waals surface area contributed by atoms with E-state index in [1.807, 2.05) is 25.1 Å². The van der Waals surface area contributed by atoms with E-state index in [0.717, 1.165) is 33.6 Å². The van der Waals surface area contributed by atoms with Crippen LogP contribution in [-0.2, 0) is 6.61 Å². The molecular formula is C21H28O3. The Balaban J connectivity index is 2.31. The summed E-state index contributed by atoms with van der Waals surface area (Å²) in [5.41, 5.74) is 5.93. The van der Waals surface area contributed by atoms with E-state index in [2.05, 4.69) is 26.0 Å². The molecule has 0 aliphatic carbocycles. The summed E-state index contributed by atoms with van der Waals surface area (Å²) in [5, 5.41) is 19.3. The molecule has 0 saturated heterocycles. The number of hydrogen-bond donors (Lipinski definition) is 2. The zero-order valence-corrected chi connectivity index (χ0v) is 15.3. The van der Waals surface area contributed by atoms with Crippen LogP contribution in [0.1, 0.15) is 42.5 Å². The summed E-state index contributed by atoms with van der Waals surface area (Å²) in [4.78, 5) is 0. The zero-order chi connectivity index (χ0) is 17.9. The predicted octanol–water partition coefficient (Wildman–Crippen LogP) is 4.31. The van der Waals surface area contributed by atoms with Crippen LogP contribution in [0, 0.1) is 20.8 Å². The predicted molar refractivity (Wildman–Crippen MR) is 98.4 cm³/mol. The van der Waals surface area contributed by atoms with Crippen molar-refractivity contribution in [3.05, 3.63) is 52.6 Å². The first kappa shape index (κ1) is 18.5. The largest absolute Gasteiger partial charge is 0.493 e. The molecule has 0 aromatic heterocycles. The van der Waals surface area contributed by atoms with Crippen molar-refractivity contribution in [3.63, 3.8) is 0 Å². The normalized spacial score (nSPS) is 11.6. The van der Waals surface area contributed by atoms with Gasteiger partial charge in [-0.2, -0.15) is 0 Å². The lowest BCUT2D eigenvalue weighted by atomic mass is 9.91. The van der Waals surface area contributed by atoms with Crippen molar-refractivity contribution in [2.75, 3.05) is 6.61 Å². The van der Waals surface area contributed by atoms with Crippen LogP contribution in [0.2, 0.25) is 0 Å². The molecule has 0 aliphatic rings. The summed E-state index contributed by atoms with van der Waals surface area (Å²) in [7, 11) is 0. The molecule has 0 atom stereocenters. The Morgan fingerprint density at radius 1 is 0.917 bits per heavy atom. The highest BCUT2D eigenvalue weighted by Crippen LogP contribution is 2.34. The standard InChI is InChI=1S/C21H28O3/c1-14-15(2)20(24-12-11-21(4,5)23)10-9-19(14)18-8-6-7-17(13-22)16(18)3/h6-10,22-23H,11-13H2,1-5H3. The van der Waals surface area contributed by atoms with Gasteiger partial charge >= 0.3 is 0 Å². The molecule has 0 saturated carbocycles. The average Bonchev–Trinajstić information content (AvgIpc) is 2.51. The van der Waals surface area contributed by atoms with Crippen molar-refractivity contribution in [1.29, 1.82) is 0 Å². The van der Waals surface area contributed by atoms with E-state index in [1.54, 1.807) is 13.8 Å². The lowest BCUT2D eigenvalue weighted by Gasteiger charge is -2.19. The van der Waals surface area contributed by atoms with Crippen LogP contribution in [0.25, 0.3) is 11.1 Å². The molecule has 0 unspecified atom stereocenters. The maximum atomic E-state index is 9.79. The van der Waals surface area contributed by atoms with Gasteiger partial charge in [0.1, 0.15) is 5.75 Å². The van der Waals surface area contributed by atoms with Gasteiger partial charge in [0, 0.05) is 6.42 Å². The Labute approximate surface area is 144 Å². The van der Waals surface area contributed by atoms with Crippen LogP contribution in [-0.4, -0.2) is 22.4 Å². The van der Waals surface area contributed by atoms with E-state index >= 15 is 0 Å². The maximum Gasteiger partial charge on any atom is 0.122 e. The SMILES string of the molecule is Cc1c(CO)cccc1-c1ccc(OCCC(C)(C)O)c(C)c1C. The summed E-state index contributed by atoms with van der Waals surface area (Å²) < 4.78 is 5.86. The van der Waals surface area contributed by atoms with Gasteiger partial charge in [-0.3, -0.25) is 0 Å². The molecule has 0 amide bonds. The van der Waals surface area contributed by atoms with E-state index < -0.39 is 5.60 Å². The van der Waals surface area contributed by atoms with Crippen molar-refractivity contribution in [2.45, 2.75) is 53.2 Å². The third kappa shape index (κ3) is 4.16. The summed E-state index contributed by atoms with van der Waals surface area (Å²) in [6.45, 7) is 10.3. The number of ether oxygens (including phenoxy) is 1. The van der Waals surface area contributed by atoms with Gasteiger partial charge in [-0.1, -0.05) is 24.3 Å². The van der Waals surface area contributed by atoms with Gasteiger partial charge in [0.25, 0.3) is 0 Å². The number of aliphatic hydroxyl groups is 2. The zero-order valence-electron chi connectivity index (χ0n) is 15.3. The highest BCUT2D eigenvalue weighted by Gasteiger charge is 2.15. The van der Waals surface area contributed by atoms with Gasteiger partial charge in [0.2, 0.25) is 0 Å². The summed E-state index contributed by atoms with van der Waals surface area (Å²) in [6, 6.07) is 10.1. The topological polar surface area (TPSA) is 49.7 Å². The minimum Gasteiger partial charge on any atom is -0.493 e. The maximum absolute atomic E-state index is 9.79. The van der Waals surface area contributed by atoms with Crippen molar-refractivity contribution in [2.24, 2.45) is 0 Å². The molecule has 24 heavy (non-hydrogen) atoms. The molecule has 0 spiro atoms. The van der Waals surface area contributed by atoms with E-state index in [0.29, 0.717) is 13.0 Å². The molecule has 2 aromatic rings. The summed E-state index contributed by atoms with van der Waals surface area (Å²) in [5.74, 6) is 0.858. The first-order valence-corrected chi connectivity index (χ1v) is 8.39. The molecule has 2 aromatic carbocycles. The number of aliphatic hydroxyl groups excluding tert-OH is 1. The fourth-order valence-corrected chi connectivity index (χ4v) is 2.80. The quantitative estimate of drug-likeness (QED) is 0.830. The van der Waals surface area contributed by atoms with E-state index in [-0.39, 0.29) is 6.61 Å². The molecule has 3 heteroatoms. The van der Waals surface area contributed by atoms with Crippen LogP contribution in [0.5, 0.6) is 5.75 Å². The number of hydrogen-bond acceptors (Lipinski definition) is 3. The lowest BCUT2D eigenvalue weighted by molar-refractivity contribution is 0.0552. The fraction of sp³-hybridized carbons (Fsp3) is 0.429. The molecule has 0 bridgehead atoms. The second kappa shape index (κ2) is 7.37. The van der Waals surface area contributed by atoms with Crippen LogP contribution >= 0.6 is 0 Å². The van der Waals surface area contributed by atoms with Gasteiger partial charge < -0.3 is 14.9 Å². The van der Waals surface area contributed by atoms with Gasteiger partial charge in [0.05, 0.1) is 18.8 Å². The second-order valence-corrected chi connectivity index (χ2v) is 7.02. The Bertz CT molecular complexity index is 712. The van der Waals surface area contributed by atoms with E-state index in [4.69, 9.17) is 4.74 Å². The van der Waals surface area contributed by atoms with Crippen molar-refractivity contribution < 1.29 is 14.9 Å².